The molecule has 2 heteroatoms. The van der Waals surface area contributed by atoms with Gasteiger partial charge in [-0.3, -0.25) is 0 Å². The average molecular weight is 256 g/mol. The van der Waals surface area contributed by atoms with E-state index in [9.17, 15) is 10.2 Å². The zero-order chi connectivity index (χ0) is 13.7. The molecule has 0 radical (unpaired) electrons. The van der Waals surface area contributed by atoms with Crippen LogP contribution >= 0.6 is 0 Å². The zero-order valence-electron chi connectivity index (χ0n) is 11.1. The molecule has 0 bridgehead atoms. The maximum Gasteiger partial charge on any atom is 0.0673 e. The molecule has 0 spiro atoms. The van der Waals surface area contributed by atoms with Crippen molar-refractivity contribution in [2.75, 3.05) is 0 Å². The van der Waals surface area contributed by atoms with Crippen molar-refractivity contribution < 1.29 is 10.2 Å². The molecule has 0 aliphatic heterocycles. The molecule has 2 aromatic carbocycles. The lowest BCUT2D eigenvalue weighted by Gasteiger charge is -2.25. The van der Waals surface area contributed by atoms with Crippen LogP contribution in [0.2, 0.25) is 0 Å². The number of rotatable bonds is 5. The fourth-order valence-electron chi connectivity index (χ4n) is 2.44. The van der Waals surface area contributed by atoms with E-state index in [0.29, 0.717) is 6.42 Å². The summed E-state index contributed by atoms with van der Waals surface area (Å²) < 4.78 is 0. The van der Waals surface area contributed by atoms with Gasteiger partial charge in [-0.2, -0.15) is 0 Å². The second-order valence-electron chi connectivity index (χ2n) is 4.95. The minimum absolute atomic E-state index is 0.100. The van der Waals surface area contributed by atoms with Crippen LogP contribution in [0.5, 0.6) is 0 Å². The standard InChI is InChI=1S/C17H20O2/c1-13(18)12-16(19)17(14-8-4-2-5-9-14)15-10-6-3-7-11-15/h2-11,13,16-19H,12H2,1H3. The average Bonchev–Trinajstić information content (AvgIpc) is 2.40. The molecule has 0 saturated heterocycles. The smallest absolute Gasteiger partial charge is 0.0673 e. The molecule has 0 aromatic heterocycles. The first-order valence-corrected chi connectivity index (χ1v) is 6.64. The highest BCUT2D eigenvalue weighted by molar-refractivity contribution is 5.33. The van der Waals surface area contributed by atoms with E-state index in [2.05, 4.69) is 0 Å². The molecule has 0 fully saturated rings. The molecule has 0 aliphatic rings. The largest absolute Gasteiger partial charge is 0.393 e. The highest BCUT2D eigenvalue weighted by atomic mass is 16.3. The Labute approximate surface area is 114 Å². The minimum atomic E-state index is -0.593. The molecular weight excluding hydrogens is 236 g/mol. The van der Waals surface area contributed by atoms with Crippen LogP contribution in [-0.2, 0) is 0 Å². The van der Waals surface area contributed by atoms with E-state index in [0.717, 1.165) is 11.1 Å². The third-order valence-electron chi connectivity index (χ3n) is 3.28. The van der Waals surface area contributed by atoms with Crippen molar-refractivity contribution in [1.29, 1.82) is 0 Å². The van der Waals surface area contributed by atoms with Crippen LogP contribution in [0.3, 0.4) is 0 Å². The Hall–Kier alpha value is -1.64. The molecule has 2 N–H and O–H groups in total. The van der Waals surface area contributed by atoms with Crippen molar-refractivity contribution >= 4 is 0 Å². The van der Waals surface area contributed by atoms with Crippen molar-refractivity contribution in [1.82, 2.24) is 0 Å². The summed E-state index contributed by atoms with van der Waals surface area (Å²) in [7, 11) is 0. The maximum atomic E-state index is 10.4. The molecule has 2 unspecified atom stereocenters. The van der Waals surface area contributed by atoms with Gasteiger partial charge in [0, 0.05) is 5.92 Å². The minimum Gasteiger partial charge on any atom is -0.393 e. The quantitative estimate of drug-likeness (QED) is 0.863. The summed E-state index contributed by atoms with van der Waals surface area (Å²) in [6, 6.07) is 19.9. The summed E-state index contributed by atoms with van der Waals surface area (Å²) in [5.41, 5.74) is 2.14. The number of hydrogen-bond donors (Lipinski definition) is 2. The molecule has 0 heterocycles. The highest BCUT2D eigenvalue weighted by Gasteiger charge is 2.23. The Morgan fingerprint density at radius 1 is 0.789 bits per heavy atom. The van der Waals surface area contributed by atoms with E-state index in [1.54, 1.807) is 6.92 Å². The highest BCUT2D eigenvalue weighted by Crippen LogP contribution is 2.29. The van der Waals surface area contributed by atoms with E-state index >= 15 is 0 Å². The van der Waals surface area contributed by atoms with Gasteiger partial charge in [-0.1, -0.05) is 60.7 Å². The van der Waals surface area contributed by atoms with Gasteiger partial charge < -0.3 is 10.2 Å². The van der Waals surface area contributed by atoms with E-state index in [4.69, 9.17) is 0 Å². The molecule has 2 aromatic rings. The van der Waals surface area contributed by atoms with Gasteiger partial charge in [0.05, 0.1) is 12.2 Å². The van der Waals surface area contributed by atoms with Crippen LogP contribution in [0.25, 0.3) is 0 Å². The van der Waals surface area contributed by atoms with Gasteiger partial charge in [-0.15, -0.1) is 0 Å². The fourth-order valence-corrected chi connectivity index (χ4v) is 2.44. The Bertz CT molecular complexity index is 440. The summed E-state index contributed by atoms with van der Waals surface area (Å²) in [6.45, 7) is 1.70. The first-order valence-electron chi connectivity index (χ1n) is 6.64. The van der Waals surface area contributed by atoms with Gasteiger partial charge in [0.15, 0.2) is 0 Å². The predicted molar refractivity (Wildman–Crippen MR) is 77.0 cm³/mol. The molecule has 2 rings (SSSR count). The SMILES string of the molecule is CC(O)CC(O)C(c1ccccc1)c1ccccc1. The van der Waals surface area contributed by atoms with E-state index in [1.165, 1.54) is 0 Å². The lowest BCUT2D eigenvalue weighted by atomic mass is 9.84. The van der Waals surface area contributed by atoms with Crippen molar-refractivity contribution in [2.24, 2.45) is 0 Å². The molecule has 0 aliphatic carbocycles. The summed E-state index contributed by atoms with van der Waals surface area (Å²) in [4.78, 5) is 0. The topological polar surface area (TPSA) is 40.5 Å². The van der Waals surface area contributed by atoms with Gasteiger partial charge in [-0.25, -0.2) is 0 Å². The number of aliphatic hydroxyl groups excluding tert-OH is 2. The van der Waals surface area contributed by atoms with Crippen LogP contribution in [0.1, 0.15) is 30.4 Å². The summed E-state index contributed by atoms with van der Waals surface area (Å²) >= 11 is 0. The van der Waals surface area contributed by atoms with Gasteiger partial charge in [0.2, 0.25) is 0 Å². The van der Waals surface area contributed by atoms with Crippen molar-refractivity contribution in [3.05, 3.63) is 71.8 Å². The van der Waals surface area contributed by atoms with Crippen LogP contribution < -0.4 is 0 Å². The second-order valence-corrected chi connectivity index (χ2v) is 4.95. The first kappa shape index (κ1) is 13.8. The van der Waals surface area contributed by atoms with E-state index < -0.39 is 12.2 Å². The molecule has 0 saturated carbocycles. The zero-order valence-corrected chi connectivity index (χ0v) is 11.1. The van der Waals surface area contributed by atoms with Gasteiger partial charge in [0.1, 0.15) is 0 Å². The molecule has 0 amide bonds. The normalized spacial score (nSPS) is 14.3. The third kappa shape index (κ3) is 3.66. The van der Waals surface area contributed by atoms with E-state index in [-0.39, 0.29) is 5.92 Å². The lowest BCUT2D eigenvalue weighted by molar-refractivity contribution is 0.0804. The Kier molecular flexibility index (Phi) is 4.72. The summed E-state index contributed by atoms with van der Waals surface area (Å²) in [5.74, 6) is -0.100. The predicted octanol–water partition coefficient (Wildman–Crippen LogP) is 2.95. The Morgan fingerprint density at radius 2 is 1.21 bits per heavy atom. The molecule has 19 heavy (non-hydrogen) atoms. The first-order chi connectivity index (χ1) is 9.18. The molecule has 100 valence electrons. The van der Waals surface area contributed by atoms with Gasteiger partial charge >= 0.3 is 0 Å². The number of aliphatic hydroxyl groups is 2. The fraction of sp³-hybridized carbons (Fsp3) is 0.294. The van der Waals surface area contributed by atoms with Crippen LogP contribution in [0.15, 0.2) is 60.7 Å². The monoisotopic (exact) mass is 256 g/mol. The lowest BCUT2D eigenvalue weighted by Crippen LogP contribution is -2.24. The van der Waals surface area contributed by atoms with Crippen LogP contribution in [-0.4, -0.2) is 22.4 Å². The van der Waals surface area contributed by atoms with Gasteiger partial charge in [-0.05, 0) is 24.5 Å². The Balaban J connectivity index is 2.34. The second kappa shape index (κ2) is 6.50. The van der Waals surface area contributed by atoms with Crippen LogP contribution in [0, 0.1) is 0 Å². The summed E-state index contributed by atoms with van der Waals surface area (Å²) in [5, 5.41) is 19.9. The molecule has 2 nitrogen and oxygen atoms in total. The van der Waals surface area contributed by atoms with Crippen LogP contribution in [0.4, 0.5) is 0 Å². The van der Waals surface area contributed by atoms with Crippen molar-refractivity contribution in [3.8, 4) is 0 Å². The number of benzene rings is 2. The Morgan fingerprint density at radius 3 is 1.58 bits per heavy atom. The molecule has 2 atom stereocenters. The molecular formula is C17H20O2. The number of hydrogen-bond acceptors (Lipinski definition) is 2. The van der Waals surface area contributed by atoms with Crippen molar-refractivity contribution in [2.45, 2.75) is 31.5 Å². The summed E-state index contributed by atoms with van der Waals surface area (Å²) in [6.07, 6.45) is -0.733. The van der Waals surface area contributed by atoms with Gasteiger partial charge in [0.25, 0.3) is 0 Å². The van der Waals surface area contributed by atoms with Crippen molar-refractivity contribution in [3.63, 3.8) is 0 Å². The maximum absolute atomic E-state index is 10.4. The van der Waals surface area contributed by atoms with E-state index in [1.807, 2.05) is 60.7 Å². The third-order valence-corrected chi connectivity index (χ3v) is 3.28.